The van der Waals surface area contributed by atoms with Crippen LogP contribution in [-0.2, 0) is 43.0 Å². The Morgan fingerprint density at radius 2 is 1.70 bits per heavy atom. The Labute approximate surface area is 320 Å². The summed E-state index contributed by atoms with van der Waals surface area (Å²) in [5.41, 5.74) is 2.85. The molecule has 1 aromatic heterocycles. The molecule has 290 valence electrons. The minimum atomic E-state index is -4.34. The third kappa shape index (κ3) is 6.99. The van der Waals surface area contributed by atoms with Crippen molar-refractivity contribution in [2.24, 2.45) is 7.05 Å². The van der Waals surface area contributed by atoms with Crippen LogP contribution in [0.5, 0.6) is 5.75 Å². The first-order valence-corrected chi connectivity index (χ1v) is 19.6. The molecule has 15 nitrogen and oxygen atoms in total. The number of nitrogens with zero attached hydrogens (tertiary/aromatic N) is 4. The van der Waals surface area contributed by atoms with Crippen LogP contribution in [0.15, 0.2) is 77.6 Å². The molecule has 3 N–H and O–H groups in total. The van der Waals surface area contributed by atoms with Gasteiger partial charge in [0.25, 0.3) is 5.91 Å². The van der Waals surface area contributed by atoms with Crippen molar-refractivity contribution in [1.82, 2.24) is 24.1 Å². The summed E-state index contributed by atoms with van der Waals surface area (Å²) in [7, 11) is -2.68. The van der Waals surface area contributed by atoms with Gasteiger partial charge < -0.3 is 10.1 Å². The number of fused-ring (bicyclic) bond motifs is 2. The maximum absolute atomic E-state index is 16.2. The fourth-order valence-corrected chi connectivity index (χ4v) is 8.98. The summed E-state index contributed by atoms with van der Waals surface area (Å²) >= 11 is 0. The number of anilines is 2. The smallest absolute Gasteiger partial charge is 0.329 e. The molecule has 3 aliphatic heterocycles. The number of aryl methyl sites for hydroxylation is 1. The van der Waals surface area contributed by atoms with E-state index in [1.54, 1.807) is 25.2 Å². The van der Waals surface area contributed by atoms with Crippen molar-refractivity contribution in [3.05, 3.63) is 100 Å². The largest absolute Gasteiger partial charge is 0.487 e. The molecule has 1 unspecified atom stereocenters. The number of amides is 4. The average molecular weight is 784 g/mol. The van der Waals surface area contributed by atoms with E-state index in [-0.39, 0.29) is 66.2 Å². The number of carbonyl (C=O) groups excluding carboxylic acids is 4. The molecule has 5 aromatic rings. The first kappa shape index (κ1) is 36.9. The summed E-state index contributed by atoms with van der Waals surface area (Å²) in [4.78, 5) is 64.8. The Hall–Kier alpha value is -6.07. The van der Waals surface area contributed by atoms with Gasteiger partial charge in [0.15, 0.2) is 5.82 Å². The van der Waals surface area contributed by atoms with Crippen LogP contribution in [0.4, 0.5) is 15.8 Å². The summed E-state index contributed by atoms with van der Waals surface area (Å²) in [6, 6.07) is 20.2. The van der Waals surface area contributed by atoms with Crippen molar-refractivity contribution in [1.29, 1.82) is 0 Å². The molecular weight excluding hydrogens is 746 g/mol. The molecule has 56 heavy (non-hydrogen) atoms. The summed E-state index contributed by atoms with van der Waals surface area (Å²) < 4.78 is 53.2. The highest BCUT2D eigenvalue weighted by atomic mass is 32.2. The summed E-state index contributed by atoms with van der Waals surface area (Å²) in [6.45, 7) is 0.829. The SMILES string of the molecule is Cn1c(=O)n(C2CCC(=O)NC2=O)c2ccc(C3CCN(CC(=O)Nc4ccc5c(F)c(N6CC(=O)NS6(=O)=O)c(OCc6ccccc6)cc5c4)CC3)cc21. The van der Waals surface area contributed by atoms with Crippen LogP contribution in [0.25, 0.3) is 21.8 Å². The third-order valence-corrected chi connectivity index (χ3v) is 12.0. The molecule has 4 aromatic carbocycles. The molecule has 0 bridgehead atoms. The number of piperidine rings is 2. The summed E-state index contributed by atoms with van der Waals surface area (Å²) in [5.74, 6) is -2.67. The van der Waals surface area contributed by atoms with Crippen molar-refractivity contribution in [2.75, 3.05) is 35.8 Å². The van der Waals surface area contributed by atoms with E-state index in [0.29, 0.717) is 39.5 Å². The van der Waals surface area contributed by atoms with Gasteiger partial charge in [-0.15, -0.1) is 0 Å². The fraction of sp³-hybridized carbons (Fsp3) is 0.308. The summed E-state index contributed by atoms with van der Waals surface area (Å²) in [6.07, 6.45) is 1.98. The first-order valence-electron chi connectivity index (χ1n) is 18.2. The van der Waals surface area contributed by atoms with Gasteiger partial charge >= 0.3 is 15.9 Å². The molecule has 3 aliphatic rings. The topological polar surface area (TPSA) is 181 Å². The lowest BCUT2D eigenvalue weighted by molar-refractivity contribution is -0.135. The predicted molar refractivity (Wildman–Crippen MR) is 205 cm³/mol. The molecule has 3 fully saturated rings. The Morgan fingerprint density at radius 1 is 0.929 bits per heavy atom. The molecular formula is C39H38FN7O8S. The highest BCUT2D eigenvalue weighted by molar-refractivity contribution is 7.92. The normalized spacial score (nSPS) is 19.0. The minimum Gasteiger partial charge on any atom is -0.487 e. The Bertz CT molecular complexity index is 2600. The lowest BCUT2D eigenvalue weighted by atomic mass is 9.89. The van der Waals surface area contributed by atoms with Crippen LogP contribution in [0, 0.1) is 5.82 Å². The number of rotatable bonds is 9. The van der Waals surface area contributed by atoms with Crippen LogP contribution in [-0.4, -0.2) is 72.3 Å². The van der Waals surface area contributed by atoms with Crippen LogP contribution < -0.4 is 30.1 Å². The van der Waals surface area contributed by atoms with Gasteiger partial charge in [0.1, 0.15) is 30.6 Å². The number of imide groups is 1. The van der Waals surface area contributed by atoms with Gasteiger partial charge in [-0.1, -0.05) is 36.4 Å². The number of hydrogen-bond acceptors (Lipinski definition) is 9. The molecule has 17 heteroatoms. The summed E-state index contributed by atoms with van der Waals surface area (Å²) in [5, 5.41) is 5.65. The van der Waals surface area contributed by atoms with E-state index in [1.807, 2.05) is 46.0 Å². The molecule has 1 atom stereocenters. The van der Waals surface area contributed by atoms with Crippen LogP contribution in [0.1, 0.15) is 48.8 Å². The molecule has 0 aliphatic carbocycles. The van der Waals surface area contributed by atoms with Gasteiger partial charge in [-0.2, -0.15) is 8.42 Å². The standard InChI is InChI=1S/C39H38FN7O8S/c1-44-31-18-25(7-10-29(31)47(39(44)52)30-11-12-33(48)42-38(30)51)24-13-15-45(16-14-24)20-34(49)41-27-8-9-28-26(17-27)19-32(55-22-23-5-3-2-4-6-23)37(36(28)40)46-21-35(50)43-56(46,53)54/h2-10,17-19,24,30H,11-16,20-22H2,1H3,(H,41,49)(H,43,50)(H,42,48,51). The van der Waals surface area contributed by atoms with Crippen molar-refractivity contribution in [2.45, 2.75) is 44.2 Å². The molecule has 0 radical (unpaired) electrons. The Balaban J connectivity index is 0.946. The minimum absolute atomic E-state index is 0.00747. The number of ether oxygens (including phenoxy) is 1. The van der Waals surface area contributed by atoms with E-state index in [2.05, 4.69) is 10.6 Å². The van der Waals surface area contributed by atoms with Crippen LogP contribution in [0.2, 0.25) is 0 Å². The van der Waals surface area contributed by atoms with Gasteiger partial charge in [0.05, 0.1) is 17.6 Å². The van der Waals surface area contributed by atoms with Crippen LogP contribution >= 0.6 is 0 Å². The number of hydrogen-bond donors (Lipinski definition) is 3. The quantitative estimate of drug-likeness (QED) is 0.189. The fourth-order valence-electron chi connectivity index (χ4n) is 7.82. The number of imidazole rings is 1. The van der Waals surface area contributed by atoms with Gasteiger partial charge in [0.2, 0.25) is 17.7 Å². The monoisotopic (exact) mass is 783 g/mol. The number of likely N-dealkylation sites (tertiary alicyclic amines) is 1. The molecule has 0 spiro atoms. The number of carbonyl (C=O) groups is 4. The maximum atomic E-state index is 16.2. The first-order chi connectivity index (χ1) is 26.9. The Morgan fingerprint density at radius 3 is 2.41 bits per heavy atom. The second-order valence-corrected chi connectivity index (χ2v) is 15.9. The molecule has 8 rings (SSSR count). The zero-order valence-corrected chi connectivity index (χ0v) is 31.1. The third-order valence-electron chi connectivity index (χ3n) is 10.7. The second kappa shape index (κ2) is 14.5. The van der Waals surface area contributed by atoms with Gasteiger partial charge in [-0.05, 0) is 91.2 Å². The van der Waals surface area contributed by atoms with Gasteiger partial charge in [-0.3, -0.25) is 38.5 Å². The molecule has 4 amide bonds. The molecule has 3 saturated heterocycles. The van der Waals surface area contributed by atoms with E-state index >= 15 is 4.39 Å². The second-order valence-electron chi connectivity index (χ2n) is 14.3. The lowest BCUT2D eigenvalue weighted by Gasteiger charge is -2.31. The molecule has 0 saturated carbocycles. The maximum Gasteiger partial charge on any atom is 0.329 e. The van der Waals surface area contributed by atoms with E-state index in [1.165, 1.54) is 27.3 Å². The van der Waals surface area contributed by atoms with Crippen molar-refractivity contribution < 1.29 is 36.7 Å². The van der Waals surface area contributed by atoms with Gasteiger partial charge in [0, 0.05) is 24.5 Å². The number of benzene rings is 4. The van der Waals surface area contributed by atoms with Crippen molar-refractivity contribution >= 4 is 67.0 Å². The van der Waals surface area contributed by atoms with E-state index in [0.717, 1.165) is 24.0 Å². The van der Waals surface area contributed by atoms with E-state index < -0.39 is 40.4 Å². The zero-order chi connectivity index (χ0) is 39.3. The van der Waals surface area contributed by atoms with E-state index in [4.69, 9.17) is 4.74 Å². The number of aromatic nitrogens is 2. The Kier molecular flexibility index (Phi) is 9.58. The van der Waals surface area contributed by atoms with E-state index in [9.17, 15) is 32.4 Å². The zero-order valence-electron chi connectivity index (χ0n) is 30.3. The van der Waals surface area contributed by atoms with Crippen molar-refractivity contribution in [3.63, 3.8) is 0 Å². The number of halogens is 1. The number of nitrogens with one attached hydrogen (secondary N) is 3. The van der Waals surface area contributed by atoms with Gasteiger partial charge in [-0.25, -0.2) is 18.2 Å². The lowest BCUT2D eigenvalue weighted by Crippen LogP contribution is -2.44. The predicted octanol–water partition coefficient (Wildman–Crippen LogP) is 3.19. The van der Waals surface area contributed by atoms with Crippen LogP contribution in [0.3, 0.4) is 0 Å². The average Bonchev–Trinajstić information content (AvgIpc) is 3.59. The molecule has 4 heterocycles. The highest BCUT2D eigenvalue weighted by Gasteiger charge is 2.38. The highest BCUT2D eigenvalue weighted by Crippen LogP contribution is 2.40. The van der Waals surface area contributed by atoms with Crippen molar-refractivity contribution in [3.8, 4) is 5.75 Å².